The Morgan fingerprint density at radius 1 is 0.323 bits per heavy atom. The van der Waals surface area contributed by atoms with Gasteiger partial charge in [0, 0.05) is 19.3 Å². The van der Waals surface area contributed by atoms with Crippen molar-refractivity contribution in [1.82, 2.24) is 0 Å². The van der Waals surface area contributed by atoms with Gasteiger partial charge in [-0.05, 0) is 83.5 Å². The maximum atomic E-state index is 12.8. The Morgan fingerprint density at radius 2 is 0.597 bits per heavy atom. The molecule has 0 aliphatic rings. The standard InChI is InChI=1S/C56H98O6/c1-4-7-10-13-16-19-22-25-27-28-30-31-34-37-40-43-46-49-55(58)61-52-53(51-60-54(57)48-45-42-39-36-33-24-21-18-15-12-9-6-3)62-56(59)50-47-44-41-38-35-32-29-26-23-20-17-14-11-8-5-2/h17,20,25-27,29-31,37,40,53H,4-16,18-19,21-24,28,32-36,38-39,41-52H2,1-3H3/b20-17-,27-25-,29-26-,31-30-,40-37-/t53-/m0/s1. The van der Waals surface area contributed by atoms with E-state index in [2.05, 4.69) is 81.5 Å². The van der Waals surface area contributed by atoms with Crippen molar-refractivity contribution in [1.29, 1.82) is 0 Å². The highest BCUT2D eigenvalue weighted by Gasteiger charge is 2.19. The summed E-state index contributed by atoms with van der Waals surface area (Å²) in [5.74, 6) is -0.958. The Balaban J connectivity index is 4.46. The first-order valence-corrected chi connectivity index (χ1v) is 26.3. The number of ether oxygens (including phenoxy) is 3. The minimum Gasteiger partial charge on any atom is -0.462 e. The van der Waals surface area contributed by atoms with Crippen molar-refractivity contribution in [2.75, 3.05) is 13.2 Å². The van der Waals surface area contributed by atoms with Gasteiger partial charge in [-0.25, -0.2) is 0 Å². The van der Waals surface area contributed by atoms with Crippen molar-refractivity contribution in [2.24, 2.45) is 0 Å². The molecule has 0 aliphatic carbocycles. The molecule has 0 heterocycles. The lowest BCUT2D eigenvalue weighted by molar-refractivity contribution is -0.167. The van der Waals surface area contributed by atoms with Crippen LogP contribution in [0.3, 0.4) is 0 Å². The van der Waals surface area contributed by atoms with Crippen LogP contribution in [0, 0.1) is 0 Å². The molecule has 0 unspecified atom stereocenters. The first-order chi connectivity index (χ1) is 30.5. The molecule has 0 amide bonds. The zero-order chi connectivity index (χ0) is 45.1. The van der Waals surface area contributed by atoms with Crippen LogP contribution in [0.5, 0.6) is 0 Å². The molecule has 0 N–H and O–H groups in total. The van der Waals surface area contributed by atoms with Crippen molar-refractivity contribution in [3.8, 4) is 0 Å². The maximum absolute atomic E-state index is 12.8. The summed E-state index contributed by atoms with van der Waals surface area (Å²) in [7, 11) is 0. The molecule has 0 radical (unpaired) electrons. The van der Waals surface area contributed by atoms with E-state index in [1.165, 1.54) is 128 Å². The van der Waals surface area contributed by atoms with Gasteiger partial charge in [0.15, 0.2) is 6.10 Å². The molecule has 62 heavy (non-hydrogen) atoms. The minimum atomic E-state index is -0.799. The fourth-order valence-corrected chi connectivity index (χ4v) is 7.25. The molecule has 0 rings (SSSR count). The van der Waals surface area contributed by atoms with Gasteiger partial charge >= 0.3 is 17.9 Å². The summed E-state index contributed by atoms with van der Waals surface area (Å²) < 4.78 is 16.7. The van der Waals surface area contributed by atoms with Crippen LogP contribution in [-0.2, 0) is 28.6 Å². The number of hydrogen-bond acceptors (Lipinski definition) is 6. The summed E-state index contributed by atoms with van der Waals surface area (Å²) >= 11 is 0. The molecule has 0 aromatic carbocycles. The SMILES string of the molecule is CCCCC/C=C\C/C=C\CCCCCCCC(=O)O[C@H](COC(=O)CCC/C=C\C/C=C\C/C=C\CCCCCCCC)COC(=O)CCCCCCCCCCCCCC. The third-order valence-corrected chi connectivity index (χ3v) is 11.2. The molecule has 0 fully saturated rings. The van der Waals surface area contributed by atoms with Crippen LogP contribution >= 0.6 is 0 Å². The smallest absolute Gasteiger partial charge is 0.306 e. The molecular weight excluding hydrogens is 769 g/mol. The van der Waals surface area contributed by atoms with E-state index >= 15 is 0 Å². The summed E-state index contributed by atoms with van der Waals surface area (Å²) in [5, 5.41) is 0. The molecule has 0 aromatic heterocycles. The molecule has 0 bridgehead atoms. The van der Waals surface area contributed by atoms with Gasteiger partial charge in [0.05, 0.1) is 0 Å². The zero-order valence-corrected chi connectivity index (χ0v) is 40.9. The number of allylic oxidation sites excluding steroid dienone is 10. The number of unbranched alkanes of at least 4 members (excludes halogenated alkanes) is 26. The van der Waals surface area contributed by atoms with Crippen LogP contribution < -0.4 is 0 Å². The van der Waals surface area contributed by atoms with Crippen LogP contribution in [-0.4, -0.2) is 37.2 Å². The van der Waals surface area contributed by atoms with Gasteiger partial charge in [-0.15, -0.1) is 0 Å². The fourth-order valence-electron chi connectivity index (χ4n) is 7.25. The second-order valence-corrected chi connectivity index (χ2v) is 17.4. The predicted octanol–water partition coefficient (Wildman–Crippen LogP) is 17.3. The van der Waals surface area contributed by atoms with Crippen molar-refractivity contribution in [3.05, 3.63) is 60.8 Å². The maximum Gasteiger partial charge on any atom is 0.306 e. The van der Waals surface area contributed by atoms with Crippen LogP contribution in [0.15, 0.2) is 60.8 Å². The van der Waals surface area contributed by atoms with E-state index in [9.17, 15) is 14.4 Å². The van der Waals surface area contributed by atoms with Crippen LogP contribution in [0.1, 0.15) is 258 Å². The van der Waals surface area contributed by atoms with Crippen molar-refractivity contribution in [2.45, 2.75) is 264 Å². The lowest BCUT2D eigenvalue weighted by Gasteiger charge is -2.18. The highest BCUT2D eigenvalue weighted by Crippen LogP contribution is 2.14. The number of esters is 3. The quantitative estimate of drug-likeness (QED) is 0.0262. The third-order valence-electron chi connectivity index (χ3n) is 11.2. The first-order valence-electron chi connectivity index (χ1n) is 26.3. The molecule has 0 saturated carbocycles. The predicted molar refractivity (Wildman–Crippen MR) is 265 cm³/mol. The van der Waals surface area contributed by atoms with Gasteiger partial charge in [-0.2, -0.15) is 0 Å². The van der Waals surface area contributed by atoms with Gasteiger partial charge in [-0.1, -0.05) is 216 Å². The molecule has 0 aromatic rings. The van der Waals surface area contributed by atoms with E-state index in [-0.39, 0.29) is 37.5 Å². The zero-order valence-electron chi connectivity index (χ0n) is 40.9. The Labute approximate surface area is 383 Å². The molecule has 358 valence electrons. The average Bonchev–Trinajstić information content (AvgIpc) is 3.27. The second kappa shape index (κ2) is 50.8. The van der Waals surface area contributed by atoms with Crippen molar-refractivity contribution in [3.63, 3.8) is 0 Å². The Hall–Kier alpha value is -2.89. The summed E-state index contributed by atoms with van der Waals surface area (Å²) in [6.07, 6.45) is 62.1. The van der Waals surface area contributed by atoms with E-state index in [4.69, 9.17) is 14.2 Å². The Bertz CT molecular complexity index is 1130. The fraction of sp³-hybridized carbons (Fsp3) is 0.768. The van der Waals surface area contributed by atoms with E-state index in [0.717, 1.165) is 83.5 Å². The topological polar surface area (TPSA) is 78.9 Å². The highest BCUT2D eigenvalue weighted by molar-refractivity contribution is 5.71. The minimum absolute atomic E-state index is 0.0938. The largest absolute Gasteiger partial charge is 0.462 e. The molecule has 6 heteroatoms. The van der Waals surface area contributed by atoms with Gasteiger partial charge in [-0.3, -0.25) is 14.4 Å². The third kappa shape index (κ3) is 48.1. The molecular formula is C56H98O6. The lowest BCUT2D eigenvalue weighted by Crippen LogP contribution is -2.30. The molecule has 0 saturated heterocycles. The first kappa shape index (κ1) is 59.1. The Kier molecular flexibility index (Phi) is 48.4. The average molecular weight is 867 g/mol. The van der Waals surface area contributed by atoms with Gasteiger partial charge in [0.25, 0.3) is 0 Å². The van der Waals surface area contributed by atoms with E-state index in [1.54, 1.807) is 0 Å². The van der Waals surface area contributed by atoms with E-state index < -0.39 is 6.10 Å². The molecule has 0 spiro atoms. The highest BCUT2D eigenvalue weighted by atomic mass is 16.6. The number of carbonyl (C=O) groups is 3. The van der Waals surface area contributed by atoms with Crippen LogP contribution in [0.25, 0.3) is 0 Å². The Morgan fingerprint density at radius 3 is 1.00 bits per heavy atom. The van der Waals surface area contributed by atoms with Gasteiger partial charge < -0.3 is 14.2 Å². The summed E-state index contributed by atoms with van der Waals surface area (Å²) in [5.41, 5.74) is 0. The lowest BCUT2D eigenvalue weighted by atomic mass is 10.0. The van der Waals surface area contributed by atoms with Crippen molar-refractivity contribution < 1.29 is 28.6 Å². The van der Waals surface area contributed by atoms with E-state index in [1.807, 2.05) is 0 Å². The van der Waals surface area contributed by atoms with Crippen LogP contribution in [0.2, 0.25) is 0 Å². The number of rotatable bonds is 47. The number of carbonyl (C=O) groups excluding carboxylic acids is 3. The normalized spacial score (nSPS) is 12.5. The van der Waals surface area contributed by atoms with Crippen molar-refractivity contribution >= 4 is 17.9 Å². The van der Waals surface area contributed by atoms with Gasteiger partial charge in [0.2, 0.25) is 0 Å². The second-order valence-electron chi connectivity index (χ2n) is 17.4. The van der Waals surface area contributed by atoms with Gasteiger partial charge in [0.1, 0.15) is 13.2 Å². The van der Waals surface area contributed by atoms with E-state index in [0.29, 0.717) is 19.3 Å². The molecule has 6 nitrogen and oxygen atoms in total. The summed E-state index contributed by atoms with van der Waals surface area (Å²) in [6.45, 7) is 6.55. The monoisotopic (exact) mass is 867 g/mol. The van der Waals surface area contributed by atoms with Crippen LogP contribution in [0.4, 0.5) is 0 Å². The number of hydrogen-bond donors (Lipinski definition) is 0. The summed E-state index contributed by atoms with van der Waals surface area (Å²) in [4.78, 5) is 37.9. The molecule has 0 aliphatic heterocycles. The summed E-state index contributed by atoms with van der Waals surface area (Å²) in [6, 6.07) is 0. The molecule has 1 atom stereocenters.